The van der Waals surface area contributed by atoms with Gasteiger partial charge in [-0.05, 0) is 43.8 Å². The molecule has 23 heavy (non-hydrogen) atoms. The molecule has 124 valence electrons. The lowest BCUT2D eigenvalue weighted by atomic mass is 9.95. The number of carbonyl (C=O) groups is 1. The van der Waals surface area contributed by atoms with Crippen LogP contribution in [0.5, 0.6) is 11.5 Å². The van der Waals surface area contributed by atoms with Crippen molar-refractivity contribution >= 4 is 23.3 Å². The van der Waals surface area contributed by atoms with Crippen LogP contribution in [0.1, 0.15) is 25.5 Å². The predicted molar refractivity (Wildman–Crippen MR) is 90.5 cm³/mol. The third-order valence-electron chi connectivity index (χ3n) is 3.47. The van der Waals surface area contributed by atoms with Gasteiger partial charge in [0.2, 0.25) is 0 Å². The number of carbonyl (C=O) groups excluding carboxylic acids is 1. The van der Waals surface area contributed by atoms with Crippen LogP contribution in [0, 0.1) is 0 Å². The number of methoxy groups -OCH3 is 2. The van der Waals surface area contributed by atoms with Crippen molar-refractivity contribution in [3.8, 4) is 11.5 Å². The highest BCUT2D eigenvalue weighted by molar-refractivity contribution is 7.80. The zero-order valence-electron chi connectivity index (χ0n) is 13.6. The summed E-state index contributed by atoms with van der Waals surface area (Å²) < 4.78 is 15.8. The van der Waals surface area contributed by atoms with Gasteiger partial charge in [0.25, 0.3) is 0 Å². The van der Waals surface area contributed by atoms with Crippen molar-refractivity contribution in [3.63, 3.8) is 0 Å². The van der Waals surface area contributed by atoms with Crippen LogP contribution in [0.4, 0.5) is 0 Å². The number of allylic oxidation sites excluding steroid dienone is 1. The van der Waals surface area contributed by atoms with Crippen molar-refractivity contribution in [2.75, 3.05) is 20.8 Å². The topological polar surface area (TPSA) is 68.8 Å². The van der Waals surface area contributed by atoms with E-state index in [0.29, 0.717) is 34.5 Å². The molecule has 0 aromatic heterocycles. The Morgan fingerprint density at radius 1 is 1.22 bits per heavy atom. The van der Waals surface area contributed by atoms with Gasteiger partial charge in [-0.15, -0.1) is 0 Å². The summed E-state index contributed by atoms with van der Waals surface area (Å²) in [5.41, 5.74) is 1.95. The highest BCUT2D eigenvalue weighted by Crippen LogP contribution is 2.32. The summed E-state index contributed by atoms with van der Waals surface area (Å²) >= 11 is 5.22. The van der Waals surface area contributed by atoms with Crippen molar-refractivity contribution in [2.45, 2.75) is 19.9 Å². The number of nitrogens with one attached hydrogen (secondary N) is 2. The monoisotopic (exact) mass is 336 g/mol. The number of esters is 1. The molecule has 0 fully saturated rings. The molecule has 1 heterocycles. The first-order chi connectivity index (χ1) is 11.0. The second-order valence-corrected chi connectivity index (χ2v) is 5.34. The van der Waals surface area contributed by atoms with Gasteiger partial charge < -0.3 is 24.8 Å². The fraction of sp³-hybridized carbons (Fsp3) is 0.375. The normalized spacial score (nSPS) is 17.2. The van der Waals surface area contributed by atoms with Gasteiger partial charge in [0, 0.05) is 11.8 Å². The third kappa shape index (κ3) is 3.73. The number of hydrogen-bond acceptors (Lipinski definition) is 5. The summed E-state index contributed by atoms with van der Waals surface area (Å²) in [5, 5.41) is 6.51. The fourth-order valence-corrected chi connectivity index (χ4v) is 2.69. The minimum Gasteiger partial charge on any atom is -0.497 e. The molecule has 2 N–H and O–H groups in total. The molecule has 2 rings (SSSR count). The fourth-order valence-electron chi connectivity index (χ4n) is 2.42. The van der Waals surface area contributed by atoms with Crippen molar-refractivity contribution in [1.82, 2.24) is 10.6 Å². The van der Waals surface area contributed by atoms with E-state index in [2.05, 4.69) is 10.6 Å². The van der Waals surface area contributed by atoms with Crippen molar-refractivity contribution < 1.29 is 19.0 Å². The molecule has 1 aliphatic heterocycles. The molecule has 0 radical (unpaired) electrons. The number of thiocarbonyl (C=S) groups is 1. The Morgan fingerprint density at radius 2 is 1.83 bits per heavy atom. The molecule has 1 aliphatic rings. The summed E-state index contributed by atoms with van der Waals surface area (Å²) in [7, 11) is 3.15. The van der Waals surface area contributed by atoms with Gasteiger partial charge in [-0.2, -0.15) is 0 Å². The van der Waals surface area contributed by atoms with Crippen LogP contribution in [0.15, 0.2) is 29.5 Å². The predicted octanol–water partition coefficient (Wildman–Crippen LogP) is 2.06. The summed E-state index contributed by atoms with van der Waals surface area (Å²) in [6.45, 7) is 3.86. The molecule has 0 saturated carbocycles. The van der Waals surface area contributed by atoms with Gasteiger partial charge in [-0.25, -0.2) is 4.79 Å². The molecular formula is C16H20N2O4S. The second kappa shape index (κ2) is 7.32. The summed E-state index contributed by atoms with van der Waals surface area (Å²) in [4.78, 5) is 12.3. The van der Waals surface area contributed by atoms with Crippen LogP contribution in [-0.4, -0.2) is 31.9 Å². The third-order valence-corrected chi connectivity index (χ3v) is 3.69. The Hall–Kier alpha value is -2.28. The average Bonchev–Trinajstić information content (AvgIpc) is 2.53. The van der Waals surface area contributed by atoms with Crippen LogP contribution < -0.4 is 20.1 Å². The molecule has 6 nitrogen and oxygen atoms in total. The van der Waals surface area contributed by atoms with E-state index in [1.807, 2.05) is 12.1 Å². The molecule has 0 saturated heterocycles. The van der Waals surface area contributed by atoms with Gasteiger partial charge >= 0.3 is 5.97 Å². The van der Waals surface area contributed by atoms with Gasteiger partial charge in [0.15, 0.2) is 5.11 Å². The van der Waals surface area contributed by atoms with Gasteiger partial charge in [0.05, 0.1) is 32.4 Å². The van der Waals surface area contributed by atoms with E-state index in [1.54, 1.807) is 34.1 Å². The number of hydrogen-bond donors (Lipinski definition) is 2. The first kappa shape index (κ1) is 17.1. The lowest BCUT2D eigenvalue weighted by Crippen LogP contribution is -2.45. The minimum atomic E-state index is -0.438. The maximum atomic E-state index is 12.3. The van der Waals surface area contributed by atoms with E-state index in [-0.39, 0.29) is 5.97 Å². The highest BCUT2D eigenvalue weighted by Gasteiger charge is 2.31. The number of benzene rings is 1. The smallest absolute Gasteiger partial charge is 0.338 e. The van der Waals surface area contributed by atoms with E-state index in [1.165, 1.54) is 0 Å². The molecule has 1 aromatic carbocycles. The molecule has 0 bridgehead atoms. The van der Waals surface area contributed by atoms with E-state index in [0.717, 1.165) is 5.56 Å². The molecule has 1 atom stereocenters. The van der Waals surface area contributed by atoms with Crippen LogP contribution in [0.3, 0.4) is 0 Å². The molecule has 0 aliphatic carbocycles. The Bertz CT molecular complexity index is 635. The first-order valence-electron chi connectivity index (χ1n) is 7.18. The number of ether oxygens (including phenoxy) is 3. The molecule has 1 unspecified atom stereocenters. The molecular weight excluding hydrogens is 316 g/mol. The van der Waals surface area contributed by atoms with E-state index in [4.69, 9.17) is 26.4 Å². The standard InChI is InChI=1S/C16H20N2O4S/c1-5-22-15(19)13-9(2)17-16(23)18-14(13)10-6-11(20-3)8-12(7-10)21-4/h6-8,14H,5H2,1-4H3,(H2,17,18,23). The maximum absolute atomic E-state index is 12.3. The SMILES string of the molecule is CCOC(=O)C1=C(C)NC(=S)NC1c1cc(OC)cc(OC)c1. The lowest BCUT2D eigenvalue weighted by molar-refractivity contribution is -0.139. The Balaban J connectivity index is 2.51. The van der Waals surface area contributed by atoms with Crippen LogP contribution in [0.2, 0.25) is 0 Å². The van der Waals surface area contributed by atoms with Gasteiger partial charge in [0.1, 0.15) is 11.5 Å². The van der Waals surface area contributed by atoms with Crippen LogP contribution in [-0.2, 0) is 9.53 Å². The largest absolute Gasteiger partial charge is 0.497 e. The second-order valence-electron chi connectivity index (χ2n) is 4.94. The summed E-state index contributed by atoms with van der Waals surface area (Å²) in [6, 6.07) is 5.00. The summed E-state index contributed by atoms with van der Waals surface area (Å²) in [6.07, 6.45) is 0. The first-order valence-corrected chi connectivity index (χ1v) is 7.59. The van der Waals surface area contributed by atoms with Gasteiger partial charge in [-0.3, -0.25) is 0 Å². The van der Waals surface area contributed by atoms with Crippen molar-refractivity contribution in [1.29, 1.82) is 0 Å². The zero-order chi connectivity index (χ0) is 17.0. The highest BCUT2D eigenvalue weighted by atomic mass is 32.1. The van der Waals surface area contributed by atoms with E-state index >= 15 is 0 Å². The molecule has 0 amide bonds. The van der Waals surface area contributed by atoms with Crippen LogP contribution in [0.25, 0.3) is 0 Å². The Morgan fingerprint density at radius 3 is 2.35 bits per heavy atom. The van der Waals surface area contributed by atoms with Crippen molar-refractivity contribution in [3.05, 3.63) is 35.0 Å². The Kier molecular flexibility index (Phi) is 5.44. The quantitative estimate of drug-likeness (QED) is 0.630. The zero-order valence-corrected chi connectivity index (χ0v) is 14.4. The maximum Gasteiger partial charge on any atom is 0.338 e. The van der Waals surface area contributed by atoms with E-state index < -0.39 is 6.04 Å². The Labute approximate surface area is 140 Å². The molecule has 1 aromatic rings. The lowest BCUT2D eigenvalue weighted by Gasteiger charge is -2.30. The van der Waals surface area contributed by atoms with Gasteiger partial charge in [-0.1, -0.05) is 0 Å². The minimum absolute atomic E-state index is 0.300. The number of rotatable bonds is 5. The molecule has 0 spiro atoms. The van der Waals surface area contributed by atoms with E-state index in [9.17, 15) is 4.79 Å². The van der Waals surface area contributed by atoms with Crippen molar-refractivity contribution in [2.24, 2.45) is 0 Å². The summed E-state index contributed by atoms with van der Waals surface area (Å²) in [5.74, 6) is 0.872. The van der Waals surface area contributed by atoms with Crippen LogP contribution >= 0.6 is 12.2 Å². The average molecular weight is 336 g/mol. The molecule has 7 heteroatoms.